The van der Waals surface area contributed by atoms with Gasteiger partial charge in [-0.2, -0.15) is 0 Å². The summed E-state index contributed by atoms with van der Waals surface area (Å²) in [5, 5.41) is 0. The van der Waals surface area contributed by atoms with E-state index in [0.29, 0.717) is 0 Å². The number of unbranched alkanes of at least 4 members (excludes halogenated alkanes) is 6. The zero-order valence-electron chi connectivity index (χ0n) is 10.6. The molecule has 0 amide bonds. The Bertz CT molecular complexity index is 155. The molecule has 0 fully saturated rings. The van der Waals surface area contributed by atoms with Crippen molar-refractivity contribution in [2.24, 2.45) is 5.92 Å². The van der Waals surface area contributed by atoms with Crippen LogP contribution in [-0.4, -0.2) is 13.1 Å². The molecule has 0 aliphatic heterocycles. The van der Waals surface area contributed by atoms with Crippen LogP contribution in [-0.2, 0) is 9.53 Å². The molecular formula is C13H26O2. The van der Waals surface area contributed by atoms with Crippen molar-refractivity contribution in [2.45, 2.75) is 65.2 Å². The number of rotatable bonds is 9. The van der Waals surface area contributed by atoms with Crippen molar-refractivity contribution in [1.82, 2.24) is 0 Å². The molecule has 0 spiro atoms. The first-order valence-corrected chi connectivity index (χ1v) is 6.30. The number of carbonyl (C=O) groups is 1. The monoisotopic (exact) mass is 214 g/mol. The second-order valence-electron chi connectivity index (χ2n) is 4.33. The van der Waals surface area contributed by atoms with Crippen molar-refractivity contribution in [1.29, 1.82) is 0 Å². The summed E-state index contributed by atoms with van der Waals surface area (Å²) in [5.41, 5.74) is 0. The second-order valence-corrected chi connectivity index (χ2v) is 4.33. The van der Waals surface area contributed by atoms with Gasteiger partial charge in [-0.1, -0.05) is 58.8 Å². The third kappa shape index (κ3) is 8.46. The SMILES string of the molecule is CCCCCCCCCC(C)C(=O)OC. The van der Waals surface area contributed by atoms with Crippen LogP contribution < -0.4 is 0 Å². The third-order valence-corrected chi connectivity index (χ3v) is 2.84. The minimum Gasteiger partial charge on any atom is -0.469 e. The van der Waals surface area contributed by atoms with Crippen LogP contribution >= 0.6 is 0 Å². The molecule has 0 saturated heterocycles. The fourth-order valence-electron chi connectivity index (χ4n) is 1.73. The number of hydrogen-bond donors (Lipinski definition) is 0. The van der Waals surface area contributed by atoms with Gasteiger partial charge in [0.05, 0.1) is 13.0 Å². The van der Waals surface area contributed by atoms with Crippen LogP contribution in [0.2, 0.25) is 0 Å². The standard InChI is InChI=1S/C13H26O2/c1-4-5-6-7-8-9-10-11-12(2)13(14)15-3/h12H,4-11H2,1-3H3. The highest BCUT2D eigenvalue weighted by atomic mass is 16.5. The smallest absolute Gasteiger partial charge is 0.308 e. The largest absolute Gasteiger partial charge is 0.469 e. The lowest BCUT2D eigenvalue weighted by atomic mass is 10.0. The van der Waals surface area contributed by atoms with E-state index < -0.39 is 0 Å². The summed E-state index contributed by atoms with van der Waals surface area (Å²) < 4.78 is 4.68. The van der Waals surface area contributed by atoms with E-state index in [1.54, 1.807) is 0 Å². The highest BCUT2D eigenvalue weighted by Gasteiger charge is 2.11. The van der Waals surface area contributed by atoms with Gasteiger partial charge in [0.15, 0.2) is 0 Å². The quantitative estimate of drug-likeness (QED) is 0.429. The Morgan fingerprint density at radius 1 is 1.07 bits per heavy atom. The van der Waals surface area contributed by atoms with Gasteiger partial charge in [0.1, 0.15) is 0 Å². The van der Waals surface area contributed by atoms with Crippen molar-refractivity contribution in [3.05, 3.63) is 0 Å². The normalized spacial score (nSPS) is 12.5. The van der Waals surface area contributed by atoms with Gasteiger partial charge in [-0.3, -0.25) is 4.79 Å². The predicted molar refractivity (Wildman–Crippen MR) is 63.8 cm³/mol. The van der Waals surface area contributed by atoms with Gasteiger partial charge >= 0.3 is 5.97 Å². The van der Waals surface area contributed by atoms with Crippen LogP contribution in [0.4, 0.5) is 0 Å². The number of ether oxygens (including phenoxy) is 1. The summed E-state index contributed by atoms with van der Waals surface area (Å²) in [6.07, 6.45) is 10.1. The summed E-state index contributed by atoms with van der Waals surface area (Å²) in [6, 6.07) is 0. The summed E-state index contributed by atoms with van der Waals surface area (Å²) in [4.78, 5) is 11.1. The van der Waals surface area contributed by atoms with Crippen molar-refractivity contribution < 1.29 is 9.53 Å². The molecule has 0 saturated carbocycles. The van der Waals surface area contributed by atoms with E-state index in [4.69, 9.17) is 0 Å². The zero-order valence-corrected chi connectivity index (χ0v) is 10.6. The van der Waals surface area contributed by atoms with Crippen molar-refractivity contribution in [3.63, 3.8) is 0 Å². The van der Waals surface area contributed by atoms with Crippen LogP contribution in [0.5, 0.6) is 0 Å². The molecule has 2 nitrogen and oxygen atoms in total. The molecule has 0 aliphatic rings. The lowest BCUT2D eigenvalue weighted by molar-refractivity contribution is -0.145. The Balaban J connectivity index is 3.20. The molecule has 0 radical (unpaired) electrons. The first-order chi connectivity index (χ1) is 7.22. The second kappa shape index (κ2) is 10.0. The van der Waals surface area contributed by atoms with E-state index in [9.17, 15) is 4.79 Å². The number of carbonyl (C=O) groups excluding carboxylic acids is 1. The molecule has 1 unspecified atom stereocenters. The van der Waals surface area contributed by atoms with Crippen molar-refractivity contribution >= 4 is 5.97 Å². The molecule has 15 heavy (non-hydrogen) atoms. The summed E-state index contributed by atoms with van der Waals surface area (Å²) in [5.74, 6) is 0.00613. The molecule has 0 aliphatic carbocycles. The topological polar surface area (TPSA) is 26.3 Å². The van der Waals surface area contributed by atoms with Crippen LogP contribution in [0.25, 0.3) is 0 Å². The van der Waals surface area contributed by atoms with Gasteiger partial charge in [-0.05, 0) is 6.42 Å². The summed E-state index contributed by atoms with van der Waals surface area (Å²) >= 11 is 0. The fraction of sp³-hybridized carbons (Fsp3) is 0.923. The minimum absolute atomic E-state index is 0.0685. The molecular weight excluding hydrogens is 188 g/mol. The molecule has 0 aromatic rings. The predicted octanol–water partition coefficient (Wildman–Crippen LogP) is 3.94. The van der Waals surface area contributed by atoms with Gasteiger partial charge in [-0.25, -0.2) is 0 Å². The number of hydrogen-bond acceptors (Lipinski definition) is 2. The van der Waals surface area contributed by atoms with Crippen LogP contribution in [0.3, 0.4) is 0 Å². The molecule has 0 aromatic carbocycles. The lowest BCUT2D eigenvalue weighted by Crippen LogP contribution is -2.12. The molecule has 1 atom stereocenters. The van der Waals surface area contributed by atoms with Crippen LogP contribution in [0.15, 0.2) is 0 Å². The molecule has 0 aromatic heterocycles. The number of methoxy groups -OCH3 is 1. The summed E-state index contributed by atoms with van der Waals surface area (Å²) in [6.45, 7) is 4.18. The zero-order chi connectivity index (χ0) is 11.5. The van der Waals surface area contributed by atoms with Gasteiger partial charge in [0.2, 0.25) is 0 Å². The minimum atomic E-state index is -0.0685. The van der Waals surface area contributed by atoms with E-state index in [2.05, 4.69) is 11.7 Å². The Kier molecular flexibility index (Phi) is 9.65. The average molecular weight is 214 g/mol. The summed E-state index contributed by atoms with van der Waals surface area (Å²) in [7, 11) is 1.46. The molecule has 2 heteroatoms. The van der Waals surface area contributed by atoms with E-state index in [1.165, 1.54) is 45.6 Å². The molecule has 0 rings (SSSR count). The van der Waals surface area contributed by atoms with E-state index in [-0.39, 0.29) is 11.9 Å². The Morgan fingerprint density at radius 2 is 1.60 bits per heavy atom. The third-order valence-electron chi connectivity index (χ3n) is 2.84. The maximum absolute atomic E-state index is 11.1. The average Bonchev–Trinajstić information content (AvgIpc) is 2.26. The molecule has 90 valence electrons. The fourth-order valence-corrected chi connectivity index (χ4v) is 1.73. The Hall–Kier alpha value is -0.530. The molecule has 0 heterocycles. The van der Waals surface area contributed by atoms with Crippen molar-refractivity contribution in [3.8, 4) is 0 Å². The Labute approximate surface area is 94.4 Å². The Morgan fingerprint density at radius 3 is 2.13 bits per heavy atom. The molecule has 0 bridgehead atoms. The van der Waals surface area contributed by atoms with Crippen molar-refractivity contribution in [2.75, 3.05) is 7.11 Å². The first kappa shape index (κ1) is 14.5. The number of esters is 1. The van der Waals surface area contributed by atoms with Gasteiger partial charge in [-0.15, -0.1) is 0 Å². The van der Waals surface area contributed by atoms with E-state index >= 15 is 0 Å². The maximum atomic E-state index is 11.1. The van der Waals surface area contributed by atoms with Gasteiger partial charge < -0.3 is 4.74 Å². The van der Waals surface area contributed by atoms with Crippen LogP contribution in [0.1, 0.15) is 65.2 Å². The highest BCUT2D eigenvalue weighted by Crippen LogP contribution is 2.13. The lowest BCUT2D eigenvalue weighted by Gasteiger charge is -2.08. The molecule has 0 N–H and O–H groups in total. The van der Waals surface area contributed by atoms with Gasteiger partial charge in [0.25, 0.3) is 0 Å². The van der Waals surface area contributed by atoms with E-state index in [0.717, 1.165) is 12.8 Å². The van der Waals surface area contributed by atoms with Crippen LogP contribution in [0, 0.1) is 5.92 Å². The maximum Gasteiger partial charge on any atom is 0.308 e. The highest BCUT2D eigenvalue weighted by molar-refractivity contribution is 5.71. The first-order valence-electron chi connectivity index (χ1n) is 6.30. The van der Waals surface area contributed by atoms with Gasteiger partial charge in [0, 0.05) is 0 Å². The van der Waals surface area contributed by atoms with E-state index in [1.807, 2.05) is 6.92 Å².